The molecule has 0 aliphatic heterocycles. The summed E-state index contributed by atoms with van der Waals surface area (Å²) in [5.41, 5.74) is 4.19. The summed E-state index contributed by atoms with van der Waals surface area (Å²) in [6.45, 7) is 3.26. The summed E-state index contributed by atoms with van der Waals surface area (Å²) in [6, 6.07) is 23.2. The van der Waals surface area contributed by atoms with E-state index >= 15 is 0 Å². The number of carbonyl (C=O) groups is 1. The molecule has 0 radical (unpaired) electrons. The molecule has 0 fully saturated rings. The Kier molecular flexibility index (Phi) is 6.93. The van der Waals surface area contributed by atoms with Gasteiger partial charge in [-0.05, 0) is 54.4 Å². The van der Waals surface area contributed by atoms with E-state index in [0.29, 0.717) is 18.2 Å². The van der Waals surface area contributed by atoms with Gasteiger partial charge in [-0.25, -0.2) is 0 Å². The molecule has 0 atom stereocenters. The zero-order chi connectivity index (χ0) is 19.8. The minimum Gasteiger partial charge on any atom is -0.489 e. The summed E-state index contributed by atoms with van der Waals surface area (Å²) < 4.78 is 5.76. The number of ether oxygens (including phenoxy) is 1. The number of amides is 1. The number of rotatable bonds is 8. The van der Waals surface area contributed by atoms with E-state index in [1.165, 1.54) is 5.56 Å². The van der Waals surface area contributed by atoms with Crippen molar-refractivity contribution in [3.63, 3.8) is 0 Å². The quantitative estimate of drug-likeness (QED) is 0.568. The Morgan fingerprint density at radius 3 is 2.43 bits per heavy atom. The summed E-state index contributed by atoms with van der Waals surface area (Å²) in [4.78, 5) is 12.0. The van der Waals surface area contributed by atoms with Crippen LogP contribution < -0.4 is 15.4 Å². The second-order valence-electron chi connectivity index (χ2n) is 6.56. The SMILES string of the molecule is Cc1cccc(CNC(=O)CNc2ccc(OCc3ccc(Cl)cc3)cc2)c1. The number of benzene rings is 3. The van der Waals surface area contributed by atoms with E-state index < -0.39 is 0 Å². The fourth-order valence-corrected chi connectivity index (χ4v) is 2.81. The highest BCUT2D eigenvalue weighted by Crippen LogP contribution is 2.17. The predicted molar refractivity (Wildman–Crippen MR) is 114 cm³/mol. The summed E-state index contributed by atoms with van der Waals surface area (Å²) in [5, 5.41) is 6.74. The lowest BCUT2D eigenvalue weighted by atomic mass is 10.1. The van der Waals surface area contributed by atoms with Gasteiger partial charge in [-0.3, -0.25) is 4.79 Å². The first kappa shape index (κ1) is 19.8. The largest absolute Gasteiger partial charge is 0.489 e. The average Bonchev–Trinajstić information content (AvgIpc) is 2.71. The van der Waals surface area contributed by atoms with Gasteiger partial charge < -0.3 is 15.4 Å². The molecule has 0 unspecified atom stereocenters. The Labute approximate surface area is 170 Å². The lowest BCUT2D eigenvalue weighted by Gasteiger charge is -2.10. The Bertz CT molecular complexity index is 909. The van der Waals surface area contributed by atoms with Crippen LogP contribution in [0, 0.1) is 6.92 Å². The summed E-state index contributed by atoms with van der Waals surface area (Å²) >= 11 is 5.88. The predicted octanol–water partition coefficient (Wildman–Crippen LogP) is 4.96. The molecule has 3 rings (SSSR count). The van der Waals surface area contributed by atoms with Gasteiger partial charge in [-0.1, -0.05) is 53.6 Å². The Morgan fingerprint density at radius 2 is 1.71 bits per heavy atom. The molecular formula is C23H23ClN2O2. The molecule has 144 valence electrons. The average molecular weight is 395 g/mol. The van der Waals surface area contributed by atoms with Gasteiger partial charge in [0, 0.05) is 17.3 Å². The van der Waals surface area contributed by atoms with Crippen LogP contribution in [0.4, 0.5) is 5.69 Å². The monoisotopic (exact) mass is 394 g/mol. The van der Waals surface area contributed by atoms with Crippen molar-refractivity contribution in [3.05, 3.63) is 94.5 Å². The first-order valence-electron chi connectivity index (χ1n) is 9.12. The molecule has 0 aromatic heterocycles. The summed E-state index contributed by atoms with van der Waals surface area (Å²) in [7, 11) is 0. The number of anilines is 1. The van der Waals surface area contributed by atoms with Crippen molar-refractivity contribution in [2.75, 3.05) is 11.9 Å². The number of halogens is 1. The van der Waals surface area contributed by atoms with Crippen molar-refractivity contribution >= 4 is 23.2 Å². The third kappa shape index (κ3) is 6.32. The standard InChI is InChI=1S/C23H23ClN2O2/c1-17-3-2-4-19(13-17)14-26-23(27)15-25-21-9-11-22(12-10-21)28-16-18-5-7-20(24)8-6-18/h2-13,25H,14-16H2,1H3,(H,26,27). The highest BCUT2D eigenvalue weighted by Gasteiger charge is 2.03. The van der Waals surface area contributed by atoms with Crippen molar-refractivity contribution in [1.29, 1.82) is 0 Å². The molecule has 28 heavy (non-hydrogen) atoms. The second-order valence-corrected chi connectivity index (χ2v) is 7.00. The summed E-state index contributed by atoms with van der Waals surface area (Å²) in [5.74, 6) is 0.717. The number of aryl methyl sites for hydroxylation is 1. The Hall–Kier alpha value is -2.98. The normalized spacial score (nSPS) is 10.4. The van der Waals surface area contributed by atoms with Crippen LogP contribution in [0.1, 0.15) is 16.7 Å². The van der Waals surface area contributed by atoms with Crippen LogP contribution in [0.25, 0.3) is 0 Å². The van der Waals surface area contributed by atoms with Crippen molar-refractivity contribution in [2.24, 2.45) is 0 Å². The number of nitrogens with one attached hydrogen (secondary N) is 2. The van der Waals surface area contributed by atoms with Crippen molar-refractivity contribution in [1.82, 2.24) is 5.32 Å². The Balaban J connectivity index is 1.41. The van der Waals surface area contributed by atoms with Gasteiger partial charge in [-0.2, -0.15) is 0 Å². The van der Waals surface area contributed by atoms with Gasteiger partial charge in [0.1, 0.15) is 12.4 Å². The minimum atomic E-state index is -0.0513. The summed E-state index contributed by atoms with van der Waals surface area (Å²) in [6.07, 6.45) is 0. The minimum absolute atomic E-state index is 0.0513. The van der Waals surface area contributed by atoms with E-state index in [1.807, 2.05) is 73.7 Å². The molecule has 0 bridgehead atoms. The van der Waals surface area contributed by atoms with Crippen molar-refractivity contribution in [3.8, 4) is 5.75 Å². The lowest BCUT2D eigenvalue weighted by Crippen LogP contribution is -2.29. The molecule has 0 spiro atoms. The van der Waals surface area contributed by atoms with E-state index in [9.17, 15) is 4.79 Å². The second kappa shape index (κ2) is 9.81. The maximum Gasteiger partial charge on any atom is 0.239 e. The van der Waals surface area contributed by atoms with Gasteiger partial charge in [0.05, 0.1) is 6.54 Å². The highest BCUT2D eigenvalue weighted by molar-refractivity contribution is 6.30. The fraction of sp³-hybridized carbons (Fsp3) is 0.174. The topological polar surface area (TPSA) is 50.4 Å². The smallest absolute Gasteiger partial charge is 0.239 e. The van der Waals surface area contributed by atoms with E-state index in [4.69, 9.17) is 16.3 Å². The molecule has 0 heterocycles. The van der Waals surface area contributed by atoms with Crippen LogP contribution in [-0.2, 0) is 17.9 Å². The lowest BCUT2D eigenvalue weighted by molar-refractivity contribution is -0.119. The molecule has 3 aromatic carbocycles. The number of carbonyl (C=O) groups excluding carboxylic acids is 1. The van der Waals surface area contributed by atoms with Crippen LogP contribution in [0.15, 0.2) is 72.8 Å². The molecule has 1 amide bonds. The van der Waals surface area contributed by atoms with Gasteiger partial charge >= 0.3 is 0 Å². The van der Waals surface area contributed by atoms with Gasteiger partial charge in [0.2, 0.25) is 5.91 Å². The molecule has 0 saturated heterocycles. The number of hydrogen-bond acceptors (Lipinski definition) is 3. The van der Waals surface area contributed by atoms with Gasteiger partial charge in [0.25, 0.3) is 0 Å². The first-order valence-corrected chi connectivity index (χ1v) is 9.50. The number of hydrogen-bond donors (Lipinski definition) is 2. The van der Waals surface area contributed by atoms with E-state index in [1.54, 1.807) is 0 Å². The molecule has 0 aliphatic carbocycles. The molecule has 5 heteroatoms. The van der Waals surface area contributed by atoms with Crippen LogP contribution >= 0.6 is 11.6 Å². The van der Waals surface area contributed by atoms with E-state index in [-0.39, 0.29) is 12.5 Å². The molecule has 3 aromatic rings. The molecule has 0 aliphatic rings. The van der Waals surface area contributed by atoms with E-state index in [0.717, 1.165) is 22.6 Å². The van der Waals surface area contributed by atoms with Crippen molar-refractivity contribution < 1.29 is 9.53 Å². The zero-order valence-electron chi connectivity index (χ0n) is 15.7. The zero-order valence-corrected chi connectivity index (χ0v) is 16.5. The fourth-order valence-electron chi connectivity index (χ4n) is 2.68. The Morgan fingerprint density at radius 1 is 0.964 bits per heavy atom. The van der Waals surface area contributed by atoms with Gasteiger partial charge in [0.15, 0.2) is 0 Å². The third-order valence-electron chi connectivity index (χ3n) is 4.20. The van der Waals surface area contributed by atoms with Crippen LogP contribution in [-0.4, -0.2) is 12.5 Å². The highest BCUT2D eigenvalue weighted by atomic mass is 35.5. The van der Waals surface area contributed by atoms with Crippen molar-refractivity contribution in [2.45, 2.75) is 20.1 Å². The third-order valence-corrected chi connectivity index (χ3v) is 4.45. The maximum absolute atomic E-state index is 12.0. The maximum atomic E-state index is 12.0. The molecule has 2 N–H and O–H groups in total. The first-order chi connectivity index (χ1) is 13.6. The van der Waals surface area contributed by atoms with Crippen LogP contribution in [0.3, 0.4) is 0 Å². The van der Waals surface area contributed by atoms with Crippen LogP contribution in [0.2, 0.25) is 5.02 Å². The molecule has 0 saturated carbocycles. The van der Waals surface area contributed by atoms with Gasteiger partial charge in [-0.15, -0.1) is 0 Å². The van der Waals surface area contributed by atoms with Crippen LogP contribution in [0.5, 0.6) is 5.75 Å². The van der Waals surface area contributed by atoms with E-state index in [2.05, 4.69) is 16.7 Å². The molecular weight excluding hydrogens is 372 g/mol. The molecule has 4 nitrogen and oxygen atoms in total.